The van der Waals surface area contributed by atoms with Crippen molar-refractivity contribution in [2.45, 2.75) is 187 Å². The number of unbranched alkanes of at least 4 members (excludes halogenated alkanes) is 18. The average molecular weight is 811 g/mol. The zero-order valence-corrected chi connectivity index (χ0v) is 37.5. The Morgan fingerprint density at radius 3 is 1.48 bits per heavy atom. The number of ether oxygens (including phenoxy) is 2. The van der Waals surface area contributed by atoms with Gasteiger partial charge in [0, 0.05) is 12.8 Å². The van der Waals surface area contributed by atoms with Crippen molar-refractivity contribution in [2.24, 2.45) is 0 Å². The van der Waals surface area contributed by atoms with Crippen molar-refractivity contribution in [3.8, 4) is 0 Å². The summed E-state index contributed by atoms with van der Waals surface area (Å²) in [7, 11) is 1.44. The minimum absolute atomic E-state index is 0.0212. The molecule has 1 N–H and O–H groups in total. The van der Waals surface area contributed by atoms with E-state index in [-0.39, 0.29) is 32.0 Å². The number of likely N-dealkylation sites (N-methyl/N-ethyl adjacent to an activating group) is 1. The van der Waals surface area contributed by atoms with Gasteiger partial charge in [-0.2, -0.15) is 0 Å². The van der Waals surface area contributed by atoms with E-state index >= 15 is 0 Å². The van der Waals surface area contributed by atoms with E-state index in [1.807, 2.05) is 21.1 Å². The van der Waals surface area contributed by atoms with E-state index in [4.69, 9.17) is 18.5 Å². The maximum Gasteiger partial charge on any atom is 0.472 e. The lowest BCUT2D eigenvalue weighted by atomic mass is 10.0. The van der Waals surface area contributed by atoms with Gasteiger partial charge >= 0.3 is 19.8 Å². The minimum atomic E-state index is -4.39. The van der Waals surface area contributed by atoms with Gasteiger partial charge in [-0.05, 0) is 51.4 Å². The van der Waals surface area contributed by atoms with Gasteiger partial charge in [0.25, 0.3) is 0 Å². The van der Waals surface area contributed by atoms with Crippen LogP contribution in [0.15, 0.2) is 48.6 Å². The molecule has 0 heterocycles. The van der Waals surface area contributed by atoms with E-state index in [9.17, 15) is 19.0 Å². The molecule has 326 valence electrons. The molecule has 0 aromatic carbocycles. The Hall–Kier alpha value is -2.03. The molecule has 0 aliphatic carbocycles. The fourth-order valence-corrected chi connectivity index (χ4v) is 6.57. The number of nitrogens with zero attached hydrogens (tertiary/aromatic N) is 1. The number of quaternary nitrogens is 1. The molecule has 0 aliphatic rings. The van der Waals surface area contributed by atoms with E-state index in [0.717, 1.165) is 44.9 Å². The van der Waals surface area contributed by atoms with Crippen LogP contribution in [0.2, 0.25) is 0 Å². The highest BCUT2D eigenvalue weighted by molar-refractivity contribution is 7.47. The van der Waals surface area contributed by atoms with Gasteiger partial charge in [0.05, 0.1) is 27.7 Å². The van der Waals surface area contributed by atoms with Crippen LogP contribution in [0, 0.1) is 0 Å². The van der Waals surface area contributed by atoms with Crippen molar-refractivity contribution in [3.63, 3.8) is 0 Å². The summed E-state index contributed by atoms with van der Waals surface area (Å²) in [4.78, 5) is 35.3. The molecular formula is C46H85NO8P+. The fourth-order valence-electron chi connectivity index (χ4n) is 5.83. The molecule has 56 heavy (non-hydrogen) atoms. The molecule has 0 saturated carbocycles. The number of hydrogen-bond donors (Lipinski definition) is 1. The third-order valence-corrected chi connectivity index (χ3v) is 10.3. The Morgan fingerprint density at radius 1 is 0.554 bits per heavy atom. The van der Waals surface area contributed by atoms with Crippen molar-refractivity contribution < 1.29 is 42.1 Å². The smallest absolute Gasteiger partial charge is 0.462 e. The molecule has 0 bridgehead atoms. The molecule has 0 amide bonds. The predicted molar refractivity (Wildman–Crippen MR) is 233 cm³/mol. The Labute approximate surface area is 343 Å². The van der Waals surface area contributed by atoms with Crippen molar-refractivity contribution in [1.82, 2.24) is 0 Å². The van der Waals surface area contributed by atoms with Gasteiger partial charge < -0.3 is 18.9 Å². The third kappa shape index (κ3) is 41.6. The predicted octanol–water partition coefficient (Wildman–Crippen LogP) is 12.7. The zero-order chi connectivity index (χ0) is 41.4. The number of phosphoric ester groups is 1. The minimum Gasteiger partial charge on any atom is -0.462 e. The molecular weight excluding hydrogens is 725 g/mol. The monoisotopic (exact) mass is 811 g/mol. The molecule has 0 aromatic rings. The van der Waals surface area contributed by atoms with Crippen LogP contribution in [-0.2, 0) is 32.7 Å². The highest BCUT2D eigenvalue weighted by atomic mass is 31.2. The van der Waals surface area contributed by atoms with Crippen molar-refractivity contribution in [1.29, 1.82) is 0 Å². The number of hydrogen-bond acceptors (Lipinski definition) is 7. The standard InChI is InChI=1S/C46H84NO8P/c1-6-8-10-12-14-16-18-20-21-22-23-24-25-27-29-31-33-35-37-39-46(49)55-44(43-54-56(50,51)53-41-40-47(3,4)5)42-52-45(48)38-36-34-32-30-28-26-19-17-15-13-11-9-7-2/h18,20,22-23,25,27,31,33,44H,6-17,19,21,24,26,28-30,32,34-43H2,1-5H3/p+1/b20-18-,23-22-,27-25-,33-31-/t44-/m1/s1. The lowest BCUT2D eigenvalue weighted by Gasteiger charge is -2.24. The summed E-state index contributed by atoms with van der Waals surface area (Å²) in [6.07, 6.45) is 44.5. The normalized spacial score (nSPS) is 14.0. The maximum atomic E-state index is 12.7. The molecule has 0 fully saturated rings. The first-order chi connectivity index (χ1) is 27.0. The average Bonchev–Trinajstić information content (AvgIpc) is 3.15. The summed E-state index contributed by atoms with van der Waals surface area (Å²) in [5.41, 5.74) is 0. The number of rotatable bonds is 40. The van der Waals surface area contributed by atoms with Gasteiger partial charge in [-0.3, -0.25) is 18.6 Å². The van der Waals surface area contributed by atoms with E-state index in [0.29, 0.717) is 17.4 Å². The molecule has 9 nitrogen and oxygen atoms in total. The largest absolute Gasteiger partial charge is 0.472 e. The summed E-state index contributed by atoms with van der Waals surface area (Å²) in [5.74, 6) is -0.863. The Bertz CT molecular complexity index is 1100. The quantitative estimate of drug-likeness (QED) is 0.0214. The van der Waals surface area contributed by atoms with Gasteiger partial charge in [0.1, 0.15) is 19.8 Å². The Morgan fingerprint density at radius 2 is 0.982 bits per heavy atom. The zero-order valence-electron chi connectivity index (χ0n) is 36.6. The van der Waals surface area contributed by atoms with Gasteiger partial charge in [-0.25, -0.2) is 4.57 Å². The summed E-state index contributed by atoms with van der Waals surface area (Å²) in [6, 6.07) is 0. The van der Waals surface area contributed by atoms with Crippen LogP contribution < -0.4 is 0 Å². The molecule has 0 radical (unpaired) electrons. The molecule has 0 rings (SSSR count). The van der Waals surface area contributed by atoms with Crippen LogP contribution in [0.4, 0.5) is 0 Å². The molecule has 0 saturated heterocycles. The van der Waals surface area contributed by atoms with E-state index < -0.39 is 26.5 Å². The number of esters is 2. The van der Waals surface area contributed by atoms with Crippen LogP contribution in [0.5, 0.6) is 0 Å². The first-order valence-corrected chi connectivity index (χ1v) is 23.9. The molecule has 0 aliphatic heterocycles. The van der Waals surface area contributed by atoms with Crippen molar-refractivity contribution >= 4 is 19.8 Å². The second-order valence-corrected chi connectivity index (χ2v) is 17.5. The second kappa shape index (κ2) is 38.5. The number of carbonyl (C=O) groups excluding carboxylic acids is 2. The second-order valence-electron chi connectivity index (χ2n) is 16.1. The van der Waals surface area contributed by atoms with E-state index in [2.05, 4.69) is 62.5 Å². The SMILES string of the molecule is CCCCCCC/C=C\C/C=C\C/C=C\C/C=C\CCCC(=O)O[C@H](COC(=O)CCCCCCCCCCCCCCC)COP(=O)(O)OCC[N+](C)(C)C. The first kappa shape index (κ1) is 54.0. The van der Waals surface area contributed by atoms with Crippen LogP contribution in [0.25, 0.3) is 0 Å². The molecule has 2 atom stereocenters. The fraction of sp³-hybridized carbons (Fsp3) is 0.783. The van der Waals surface area contributed by atoms with Crippen molar-refractivity contribution in [2.75, 3.05) is 47.5 Å². The summed E-state index contributed by atoms with van der Waals surface area (Å²) in [5, 5.41) is 0. The summed E-state index contributed by atoms with van der Waals surface area (Å²) < 4.78 is 34.2. The Balaban J connectivity index is 4.45. The van der Waals surface area contributed by atoms with Gasteiger partial charge in [-0.1, -0.05) is 165 Å². The molecule has 0 spiro atoms. The number of allylic oxidation sites excluding steroid dienone is 8. The topological polar surface area (TPSA) is 108 Å². The van der Waals surface area contributed by atoms with Gasteiger partial charge in [-0.15, -0.1) is 0 Å². The highest BCUT2D eigenvalue weighted by Gasteiger charge is 2.27. The molecule has 0 aromatic heterocycles. The first-order valence-electron chi connectivity index (χ1n) is 22.4. The van der Waals surface area contributed by atoms with Gasteiger partial charge in [0.15, 0.2) is 6.10 Å². The van der Waals surface area contributed by atoms with Crippen LogP contribution in [-0.4, -0.2) is 74.9 Å². The summed E-state index contributed by atoms with van der Waals surface area (Å²) in [6.45, 7) is 4.34. The lowest BCUT2D eigenvalue weighted by molar-refractivity contribution is -0.870. The van der Waals surface area contributed by atoms with Crippen molar-refractivity contribution in [3.05, 3.63) is 48.6 Å². The number of carbonyl (C=O) groups is 2. The van der Waals surface area contributed by atoms with E-state index in [1.165, 1.54) is 103 Å². The van der Waals surface area contributed by atoms with Gasteiger partial charge in [0.2, 0.25) is 0 Å². The molecule has 1 unspecified atom stereocenters. The van der Waals surface area contributed by atoms with E-state index in [1.54, 1.807) is 0 Å². The highest BCUT2D eigenvalue weighted by Crippen LogP contribution is 2.43. The Kier molecular flexibility index (Phi) is 37.1. The maximum absolute atomic E-state index is 12.7. The van der Waals surface area contributed by atoms with Crippen LogP contribution >= 0.6 is 7.82 Å². The number of phosphoric acid groups is 1. The lowest BCUT2D eigenvalue weighted by Crippen LogP contribution is -2.37. The van der Waals surface area contributed by atoms with Crippen LogP contribution in [0.1, 0.15) is 181 Å². The third-order valence-electron chi connectivity index (χ3n) is 9.36. The van der Waals surface area contributed by atoms with Crippen LogP contribution in [0.3, 0.4) is 0 Å². The molecule has 10 heteroatoms. The summed E-state index contributed by atoms with van der Waals surface area (Å²) >= 11 is 0.